The van der Waals surface area contributed by atoms with Crippen LogP contribution in [-0.2, 0) is 0 Å². The molecular weight excluding hydrogens is 280 g/mol. The van der Waals surface area contributed by atoms with E-state index in [1.807, 2.05) is 24.1 Å². The Kier molecular flexibility index (Phi) is 3.84. The van der Waals surface area contributed by atoms with Crippen LogP contribution in [0, 0.1) is 12.8 Å². The van der Waals surface area contributed by atoms with Crippen LogP contribution in [0.4, 0.5) is 0 Å². The average molecular weight is 298 g/mol. The molecule has 0 spiro atoms. The summed E-state index contributed by atoms with van der Waals surface area (Å²) in [6.45, 7) is 6.33. The van der Waals surface area contributed by atoms with Gasteiger partial charge in [-0.05, 0) is 19.4 Å². The van der Waals surface area contributed by atoms with Gasteiger partial charge >= 0.3 is 0 Å². The summed E-state index contributed by atoms with van der Waals surface area (Å²) >= 11 is 1.59. The Bertz CT molecular complexity index is 719. The Morgan fingerprint density at radius 3 is 2.81 bits per heavy atom. The Morgan fingerprint density at radius 1 is 1.33 bits per heavy atom. The van der Waals surface area contributed by atoms with E-state index in [2.05, 4.69) is 46.7 Å². The van der Waals surface area contributed by atoms with Gasteiger partial charge in [-0.2, -0.15) is 0 Å². The third kappa shape index (κ3) is 2.74. The molecule has 21 heavy (non-hydrogen) atoms. The van der Waals surface area contributed by atoms with Crippen LogP contribution in [0.1, 0.15) is 31.7 Å². The maximum absolute atomic E-state index is 4.86. The Balaban J connectivity index is 2.13. The van der Waals surface area contributed by atoms with Crippen molar-refractivity contribution in [1.29, 1.82) is 0 Å². The fourth-order valence-corrected chi connectivity index (χ4v) is 3.05. The highest BCUT2D eigenvalue weighted by molar-refractivity contribution is 7.07. The van der Waals surface area contributed by atoms with Crippen molar-refractivity contribution in [3.63, 3.8) is 0 Å². The first-order valence-electron chi connectivity index (χ1n) is 7.08. The number of imidazole rings is 1. The Labute approximate surface area is 128 Å². The lowest BCUT2D eigenvalue weighted by molar-refractivity contribution is 0.841. The predicted octanol–water partition coefficient (Wildman–Crippen LogP) is 3.92. The van der Waals surface area contributed by atoms with Crippen LogP contribution in [0.2, 0.25) is 0 Å². The fourth-order valence-electron chi connectivity index (χ4n) is 2.51. The number of aryl methyl sites for hydroxylation is 1. The first-order valence-corrected chi connectivity index (χ1v) is 8.02. The third-order valence-electron chi connectivity index (χ3n) is 3.54. The highest BCUT2D eigenvalue weighted by Gasteiger charge is 2.18. The zero-order valence-electron chi connectivity index (χ0n) is 12.4. The number of rotatable bonds is 3. The molecule has 108 valence electrons. The van der Waals surface area contributed by atoms with E-state index in [1.54, 1.807) is 11.3 Å². The summed E-state index contributed by atoms with van der Waals surface area (Å²) in [6, 6.07) is 0. The van der Waals surface area contributed by atoms with Gasteiger partial charge in [-0.1, -0.05) is 19.9 Å². The van der Waals surface area contributed by atoms with E-state index in [1.165, 1.54) is 5.70 Å². The lowest BCUT2D eigenvalue weighted by Crippen LogP contribution is -2.05. The van der Waals surface area contributed by atoms with Crippen molar-refractivity contribution < 1.29 is 0 Å². The molecule has 3 rings (SSSR count). The minimum atomic E-state index is 0.286. The van der Waals surface area contributed by atoms with Gasteiger partial charge in [0, 0.05) is 17.5 Å². The van der Waals surface area contributed by atoms with Crippen molar-refractivity contribution in [2.45, 2.75) is 27.2 Å². The number of aliphatic imine (C=N–C) groups is 1. The summed E-state index contributed by atoms with van der Waals surface area (Å²) < 4.78 is 2.09. The summed E-state index contributed by atoms with van der Waals surface area (Å²) in [5.41, 5.74) is 7.02. The zero-order valence-corrected chi connectivity index (χ0v) is 13.3. The minimum Gasteiger partial charge on any atom is -0.307 e. The van der Waals surface area contributed by atoms with Crippen LogP contribution in [0.25, 0.3) is 5.70 Å². The van der Waals surface area contributed by atoms with Gasteiger partial charge in [0.2, 0.25) is 0 Å². The normalized spacial score (nSPS) is 18.8. The van der Waals surface area contributed by atoms with Crippen molar-refractivity contribution in [2.75, 3.05) is 0 Å². The summed E-state index contributed by atoms with van der Waals surface area (Å²) in [5.74, 6) is 0.286. The second-order valence-corrected chi connectivity index (χ2v) is 5.85. The van der Waals surface area contributed by atoms with Gasteiger partial charge in [0.05, 0.1) is 40.3 Å². The first-order chi connectivity index (χ1) is 10.2. The molecule has 1 aliphatic heterocycles. The quantitative estimate of drug-likeness (QED) is 0.862. The topological polar surface area (TPSA) is 43.1 Å². The molecule has 0 amide bonds. The van der Waals surface area contributed by atoms with E-state index in [0.717, 1.165) is 29.2 Å². The number of hydrogen-bond donors (Lipinski definition) is 0. The van der Waals surface area contributed by atoms with Crippen molar-refractivity contribution in [1.82, 2.24) is 14.5 Å². The lowest BCUT2D eigenvalue weighted by Gasteiger charge is -2.15. The third-order valence-corrected chi connectivity index (χ3v) is 4.13. The summed E-state index contributed by atoms with van der Waals surface area (Å²) in [4.78, 5) is 13.6. The maximum Gasteiger partial charge on any atom is 0.0995 e. The molecule has 3 heterocycles. The van der Waals surface area contributed by atoms with Crippen LogP contribution in [0.5, 0.6) is 0 Å². The molecule has 2 aromatic heterocycles. The van der Waals surface area contributed by atoms with Gasteiger partial charge in [-0.25, -0.2) is 15.0 Å². The number of aromatic nitrogens is 3. The van der Waals surface area contributed by atoms with Gasteiger partial charge in [0.25, 0.3) is 0 Å². The second kappa shape index (κ2) is 5.77. The number of hydrogen-bond acceptors (Lipinski definition) is 4. The number of allylic oxidation sites excluding steroid dienone is 4. The molecule has 5 heteroatoms. The zero-order chi connectivity index (χ0) is 14.8. The number of thiazole rings is 1. The van der Waals surface area contributed by atoms with Crippen molar-refractivity contribution >= 4 is 22.7 Å². The molecule has 4 nitrogen and oxygen atoms in total. The standard InChI is InChI=1S/C16H18N4S/c1-4-13-16(20-7-12(3)17-9-20)11(2)5-6-14(19-13)15-8-21-10-18-15/h5-11H,4H2,1-3H3/t11-/m1/s1. The van der Waals surface area contributed by atoms with E-state index in [9.17, 15) is 0 Å². The SMILES string of the molecule is CCC1=C(n2cnc(C)c2)[C@H](C)C=CC(c2cscn2)=N1. The molecule has 2 aromatic rings. The van der Waals surface area contributed by atoms with E-state index in [4.69, 9.17) is 4.99 Å². The van der Waals surface area contributed by atoms with Crippen LogP contribution < -0.4 is 0 Å². The monoisotopic (exact) mass is 298 g/mol. The molecule has 1 aliphatic rings. The van der Waals surface area contributed by atoms with Crippen molar-refractivity contribution in [3.8, 4) is 0 Å². The van der Waals surface area contributed by atoms with Crippen LogP contribution in [-0.4, -0.2) is 20.2 Å². The molecular formula is C16H18N4S. The highest BCUT2D eigenvalue weighted by atomic mass is 32.1. The van der Waals surface area contributed by atoms with E-state index in [-0.39, 0.29) is 5.92 Å². The van der Waals surface area contributed by atoms with Crippen LogP contribution >= 0.6 is 11.3 Å². The molecule has 0 aliphatic carbocycles. The highest BCUT2D eigenvalue weighted by Crippen LogP contribution is 2.28. The number of nitrogens with zero attached hydrogens (tertiary/aromatic N) is 4. The fraction of sp³-hybridized carbons (Fsp3) is 0.312. The lowest BCUT2D eigenvalue weighted by atomic mass is 10.0. The Morgan fingerprint density at radius 2 is 2.19 bits per heavy atom. The largest absolute Gasteiger partial charge is 0.307 e. The maximum atomic E-state index is 4.86. The molecule has 0 aromatic carbocycles. The van der Waals surface area contributed by atoms with Crippen LogP contribution in [0.3, 0.4) is 0 Å². The Hall–Kier alpha value is -2.01. The van der Waals surface area contributed by atoms with E-state index < -0.39 is 0 Å². The van der Waals surface area contributed by atoms with Gasteiger partial charge in [-0.15, -0.1) is 11.3 Å². The second-order valence-electron chi connectivity index (χ2n) is 5.13. The summed E-state index contributed by atoms with van der Waals surface area (Å²) in [7, 11) is 0. The molecule has 0 fully saturated rings. The summed E-state index contributed by atoms with van der Waals surface area (Å²) in [6.07, 6.45) is 9.07. The van der Waals surface area contributed by atoms with Gasteiger partial charge in [-0.3, -0.25) is 0 Å². The van der Waals surface area contributed by atoms with Gasteiger partial charge in [0.1, 0.15) is 0 Å². The molecule has 0 radical (unpaired) electrons. The van der Waals surface area contributed by atoms with Gasteiger partial charge in [0.15, 0.2) is 0 Å². The van der Waals surface area contributed by atoms with Crippen molar-refractivity contribution in [3.05, 3.63) is 52.7 Å². The minimum absolute atomic E-state index is 0.286. The molecule has 0 saturated carbocycles. The molecule has 0 unspecified atom stereocenters. The van der Waals surface area contributed by atoms with Crippen molar-refractivity contribution in [2.24, 2.45) is 10.9 Å². The average Bonchev–Trinajstić information content (AvgIpc) is 3.10. The van der Waals surface area contributed by atoms with Crippen LogP contribution in [0.15, 0.2) is 46.3 Å². The molecule has 0 bridgehead atoms. The molecule has 1 atom stereocenters. The predicted molar refractivity (Wildman–Crippen MR) is 87.4 cm³/mol. The molecule has 0 N–H and O–H groups in total. The van der Waals surface area contributed by atoms with E-state index in [0.29, 0.717) is 0 Å². The van der Waals surface area contributed by atoms with E-state index >= 15 is 0 Å². The first kappa shape index (κ1) is 13.9. The summed E-state index contributed by atoms with van der Waals surface area (Å²) in [5, 5.41) is 2.04. The van der Waals surface area contributed by atoms with Gasteiger partial charge < -0.3 is 4.57 Å². The smallest absolute Gasteiger partial charge is 0.0995 e. The molecule has 0 saturated heterocycles.